The summed E-state index contributed by atoms with van der Waals surface area (Å²) < 4.78 is 0. The van der Waals surface area contributed by atoms with Gasteiger partial charge in [0.1, 0.15) is 0 Å². The van der Waals surface area contributed by atoms with Crippen LogP contribution in [0.4, 0.5) is 0 Å². The minimum absolute atomic E-state index is 0.0402. The third-order valence-corrected chi connectivity index (χ3v) is 4.68. The Balaban J connectivity index is 1.68. The first-order valence-corrected chi connectivity index (χ1v) is 8.54. The predicted octanol–water partition coefficient (Wildman–Crippen LogP) is 3.17. The molecule has 0 unspecified atom stereocenters. The molecule has 0 bridgehead atoms. The maximum Gasteiger partial charge on any atom is 0.251 e. The van der Waals surface area contributed by atoms with E-state index in [2.05, 4.69) is 11.1 Å². The third-order valence-electron chi connectivity index (χ3n) is 4.68. The van der Waals surface area contributed by atoms with Gasteiger partial charge < -0.3 is 9.88 Å². The Hall–Kier alpha value is -2.10. The van der Waals surface area contributed by atoms with Gasteiger partial charge in [-0.3, -0.25) is 9.59 Å². The summed E-state index contributed by atoms with van der Waals surface area (Å²) in [7, 11) is 0. The van der Waals surface area contributed by atoms with Crippen LogP contribution in [-0.4, -0.2) is 28.9 Å². The first-order valence-electron chi connectivity index (χ1n) is 8.54. The number of hydrogen-bond donors (Lipinski definition) is 1. The number of aromatic nitrogens is 1. The predicted molar refractivity (Wildman–Crippen MR) is 92.7 cm³/mol. The molecule has 122 valence electrons. The molecule has 2 aromatic rings. The van der Waals surface area contributed by atoms with E-state index in [-0.39, 0.29) is 11.5 Å². The lowest BCUT2D eigenvalue weighted by Crippen LogP contribution is -2.31. The van der Waals surface area contributed by atoms with E-state index in [4.69, 9.17) is 0 Å². The van der Waals surface area contributed by atoms with Crippen LogP contribution in [0.25, 0.3) is 10.9 Å². The number of nitrogens with zero attached hydrogens (tertiary/aromatic N) is 1. The molecule has 0 radical (unpaired) electrons. The zero-order valence-corrected chi connectivity index (χ0v) is 13.7. The summed E-state index contributed by atoms with van der Waals surface area (Å²) in [5.74, 6) is 0.268. The number of amides is 1. The van der Waals surface area contributed by atoms with Crippen molar-refractivity contribution in [3.63, 3.8) is 0 Å². The lowest BCUT2D eigenvalue weighted by molar-refractivity contribution is -0.131. The molecule has 1 aliphatic rings. The Morgan fingerprint density at radius 3 is 2.61 bits per heavy atom. The zero-order valence-electron chi connectivity index (χ0n) is 13.7. The van der Waals surface area contributed by atoms with Crippen LogP contribution in [0.1, 0.15) is 43.2 Å². The van der Waals surface area contributed by atoms with Crippen LogP contribution in [0.15, 0.2) is 29.1 Å². The van der Waals surface area contributed by atoms with Crippen LogP contribution in [0.2, 0.25) is 0 Å². The SMILES string of the molecule is Cc1cc2cc(CCC(=O)N3CCCCCC3)ccc2[nH]c1=O. The topological polar surface area (TPSA) is 53.2 Å². The quantitative estimate of drug-likeness (QED) is 0.946. The van der Waals surface area contributed by atoms with Gasteiger partial charge in [0.2, 0.25) is 5.91 Å². The minimum Gasteiger partial charge on any atom is -0.343 e. The number of fused-ring (bicyclic) bond motifs is 1. The summed E-state index contributed by atoms with van der Waals surface area (Å²) in [6.07, 6.45) is 6.07. The van der Waals surface area contributed by atoms with Gasteiger partial charge in [0.15, 0.2) is 0 Å². The molecule has 1 aromatic heterocycles. The van der Waals surface area contributed by atoms with E-state index in [0.29, 0.717) is 6.42 Å². The molecule has 0 atom stereocenters. The Morgan fingerprint density at radius 1 is 1.13 bits per heavy atom. The lowest BCUT2D eigenvalue weighted by Gasteiger charge is -2.20. The molecule has 1 fully saturated rings. The largest absolute Gasteiger partial charge is 0.343 e. The van der Waals surface area contributed by atoms with E-state index in [0.717, 1.165) is 54.4 Å². The number of benzene rings is 1. The van der Waals surface area contributed by atoms with Crippen molar-refractivity contribution in [2.75, 3.05) is 13.1 Å². The highest BCUT2D eigenvalue weighted by molar-refractivity contribution is 5.80. The van der Waals surface area contributed by atoms with Gasteiger partial charge in [-0.25, -0.2) is 0 Å². The fourth-order valence-corrected chi connectivity index (χ4v) is 3.25. The fourth-order valence-electron chi connectivity index (χ4n) is 3.25. The molecule has 1 aliphatic heterocycles. The monoisotopic (exact) mass is 312 g/mol. The Kier molecular flexibility index (Phi) is 4.79. The molecule has 0 aliphatic carbocycles. The van der Waals surface area contributed by atoms with Crippen molar-refractivity contribution in [1.29, 1.82) is 0 Å². The molecule has 4 nitrogen and oxygen atoms in total. The zero-order chi connectivity index (χ0) is 16.2. The lowest BCUT2D eigenvalue weighted by atomic mass is 10.1. The first kappa shape index (κ1) is 15.8. The van der Waals surface area contributed by atoms with Gasteiger partial charge in [0.25, 0.3) is 5.56 Å². The second-order valence-corrected chi connectivity index (χ2v) is 6.50. The average molecular weight is 312 g/mol. The molecular weight excluding hydrogens is 288 g/mol. The van der Waals surface area contributed by atoms with Gasteiger partial charge in [0.05, 0.1) is 0 Å². The maximum absolute atomic E-state index is 12.4. The van der Waals surface area contributed by atoms with Gasteiger partial charge in [0, 0.05) is 30.6 Å². The summed E-state index contributed by atoms with van der Waals surface area (Å²) >= 11 is 0. The van der Waals surface area contributed by atoms with Crippen LogP contribution >= 0.6 is 0 Å². The van der Waals surface area contributed by atoms with Gasteiger partial charge in [-0.1, -0.05) is 18.9 Å². The number of aryl methyl sites for hydroxylation is 2. The minimum atomic E-state index is -0.0402. The van der Waals surface area contributed by atoms with Crippen LogP contribution in [0.5, 0.6) is 0 Å². The van der Waals surface area contributed by atoms with Crippen LogP contribution in [0, 0.1) is 6.92 Å². The highest BCUT2D eigenvalue weighted by Gasteiger charge is 2.15. The number of carbonyl (C=O) groups excluding carboxylic acids is 1. The second kappa shape index (κ2) is 6.99. The molecule has 4 heteroatoms. The van der Waals surface area contributed by atoms with Crippen molar-refractivity contribution >= 4 is 16.8 Å². The molecule has 1 amide bonds. The second-order valence-electron chi connectivity index (χ2n) is 6.50. The number of pyridine rings is 1. The van der Waals surface area contributed by atoms with Crippen molar-refractivity contribution in [2.45, 2.75) is 45.4 Å². The number of rotatable bonds is 3. The van der Waals surface area contributed by atoms with Gasteiger partial charge >= 0.3 is 0 Å². The van der Waals surface area contributed by atoms with Crippen LogP contribution in [-0.2, 0) is 11.2 Å². The van der Waals surface area contributed by atoms with Gasteiger partial charge in [-0.15, -0.1) is 0 Å². The molecule has 0 spiro atoms. The molecule has 3 rings (SSSR count). The molecule has 1 N–H and O–H groups in total. The van der Waals surface area contributed by atoms with E-state index in [9.17, 15) is 9.59 Å². The van der Waals surface area contributed by atoms with E-state index in [1.54, 1.807) is 0 Å². The van der Waals surface area contributed by atoms with Crippen LogP contribution in [0.3, 0.4) is 0 Å². The molecule has 2 heterocycles. The summed E-state index contributed by atoms with van der Waals surface area (Å²) in [6.45, 7) is 3.64. The Labute approximate surface area is 136 Å². The number of hydrogen-bond acceptors (Lipinski definition) is 2. The average Bonchev–Trinajstić information content (AvgIpc) is 2.83. The van der Waals surface area contributed by atoms with Crippen molar-refractivity contribution in [3.05, 3.63) is 45.7 Å². The standard InChI is InChI=1S/C19H24N2O2/c1-14-12-16-13-15(6-8-17(16)20-19(14)23)7-9-18(22)21-10-4-2-3-5-11-21/h6,8,12-13H,2-5,7,9-11H2,1H3,(H,20,23). The number of aromatic amines is 1. The number of nitrogens with one attached hydrogen (secondary N) is 1. The van der Waals surface area contributed by atoms with E-state index >= 15 is 0 Å². The highest BCUT2D eigenvalue weighted by Crippen LogP contribution is 2.16. The van der Waals surface area contributed by atoms with Crippen LogP contribution < -0.4 is 5.56 Å². The van der Waals surface area contributed by atoms with Gasteiger partial charge in [-0.05, 0) is 55.3 Å². The summed E-state index contributed by atoms with van der Waals surface area (Å²) in [5.41, 5.74) is 2.67. The first-order chi connectivity index (χ1) is 11.1. The molecule has 23 heavy (non-hydrogen) atoms. The molecule has 0 saturated carbocycles. The summed E-state index contributed by atoms with van der Waals surface area (Å²) in [5, 5.41) is 1.03. The number of H-pyrrole nitrogens is 1. The summed E-state index contributed by atoms with van der Waals surface area (Å²) in [6, 6.07) is 7.92. The normalized spacial score (nSPS) is 15.6. The number of carbonyl (C=O) groups is 1. The smallest absolute Gasteiger partial charge is 0.251 e. The third kappa shape index (κ3) is 3.81. The van der Waals surface area contributed by atoms with Crippen molar-refractivity contribution in [1.82, 2.24) is 9.88 Å². The van der Waals surface area contributed by atoms with Gasteiger partial charge in [-0.2, -0.15) is 0 Å². The number of likely N-dealkylation sites (tertiary alicyclic amines) is 1. The van der Waals surface area contributed by atoms with E-state index in [1.165, 1.54) is 12.8 Å². The van der Waals surface area contributed by atoms with Crippen molar-refractivity contribution in [2.24, 2.45) is 0 Å². The van der Waals surface area contributed by atoms with E-state index in [1.807, 2.05) is 30.0 Å². The highest BCUT2D eigenvalue weighted by atomic mass is 16.2. The van der Waals surface area contributed by atoms with E-state index < -0.39 is 0 Å². The summed E-state index contributed by atoms with van der Waals surface area (Å²) in [4.78, 5) is 28.9. The van der Waals surface area contributed by atoms with Crippen molar-refractivity contribution in [3.8, 4) is 0 Å². The molecule has 1 saturated heterocycles. The molecular formula is C19H24N2O2. The fraction of sp³-hybridized carbons (Fsp3) is 0.474. The van der Waals surface area contributed by atoms with Crippen molar-refractivity contribution < 1.29 is 4.79 Å². The molecule has 1 aromatic carbocycles. The maximum atomic E-state index is 12.4. The Bertz CT molecular complexity index is 756. The Morgan fingerprint density at radius 2 is 1.87 bits per heavy atom.